The number of amides is 1. The number of fused-ring (bicyclic) bond motifs is 1. The van der Waals surface area contributed by atoms with Crippen LogP contribution in [0.15, 0.2) is 36.0 Å². The fraction of sp³-hybridized carbons (Fsp3) is 0.385. The van der Waals surface area contributed by atoms with E-state index in [9.17, 15) is 14.4 Å². The highest BCUT2D eigenvalue weighted by Crippen LogP contribution is 2.40. The smallest absolute Gasteiger partial charge is 0.235 e. The van der Waals surface area contributed by atoms with Gasteiger partial charge in [-0.25, -0.2) is 4.39 Å². The van der Waals surface area contributed by atoms with E-state index in [1.54, 1.807) is 13.0 Å². The molecule has 1 aliphatic carbocycles. The van der Waals surface area contributed by atoms with Crippen LogP contribution in [0.3, 0.4) is 0 Å². The van der Waals surface area contributed by atoms with E-state index in [0.29, 0.717) is 39.8 Å². The van der Waals surface area contributed by atoms with Crippen LogP contribution in [0.4, 0.5) is 9.39 Å². The summed E-state index contributed by atoms with van der Waals surface area (Å²) in [6.07, 6.45) is 5.20. The molecule has 0 radical (unpaired) electrons. The molecule has 7 nitrogen and oxygen atoms in total. The molecule has 1 aromatic carbocycles. The Morgan fingerprint density at radius 1 is 1.51 bits per heavy atom. The summed E-state index contributed by atoms with van der Waals surface area (Å²) in [5.41, 5.74) is 1.68. The van der Waals surface area contributed by atoms with Crippen molar-refractivity contribution in [1.82, 2.24) is 14.8 Å². The number of allylic oxidation sites excluding steroid dienone is 1. The first-order valence-electron chi connectivity index (χ1n) is 12.0. The standard InChI is InChI=1S/C26H27ClFN5O2S2/c1-4-10-33-24(15(3)35-21-9-7-17(28)12-20(21)27)31-32-26(33)36-14-23(34)30-25-19(13-29)18-8-6-16(5-2)11-22(18)37-25/h4,7,9,12,15-16H,1,5-6,8,10-11,14H2,2-3H3,(H,30,34). The number of halogens is 2. The van der Waals surface area contributed by atoms with Gasteiger partial charge < -0.3 is 10.1 Å². The van der Waals surface area contributed by atoms with Gasteiger partial charge in [0.2, 0.25) is 5.91 Å². The quantitative estimate of drug-likeness (QED) is 0.223. The summed E-state index contributed by atoms with van der Waals surface area (Å²) in [6, 6.07) is 6.20. The molecular weight excluding hydrogens is 533 g/mol. The van der Waals surface area contributed by atoms with E-state index in [0.717, 1.165) is 31.2 Å². The number of thioether (sulfide) groups is 1. The highest BCUT2D eigenvalue weighted by Gasteiger charge is 2.26. The molecule has 11 heteroatoms. The lowest BCUT2D eigenvalue weighted by molar-refractivity contribution is -0.113. The Morgan fingerprint density at radius 3 is 3.03 bits per heavy atom. The van der Waals surface area contributed by atoms with E-state index < -0.39 is 11.9 Å². The molecule has 0 saturated heterocycles. The fourth-order valence-corrected chi connectivity index (χ4v) is 6.62. The molecule has 1 amide bonds. The molecular formula is C26H27ClFN5O2S2. The van der Waals surface area contributed by atoms with E-state index in [2.05, 4.69) is 35.1 Å². The lowest BCUT2D eigenvalue weighted by Crippen LogP contribution is -2.15. The average Bonchev–Trinajstić information content (AvgIpc) is 3.44. The Kier molecular flexibility index (Phi) is 8.90. The minimum Gasteiger partial charge on any atom is -0.481 e. The van der Waals surface area contributed by atoms with Gasteiger partial charge in [-0.05, 0) is 55.9 Å². The van der Waals surface area contributed by atoms with Crippen LogP contribution in [-0.4, -0.2) is 26.4 Å². The first-order valence-corrected chi connectivity index (χ1v) is 14.2. The molecule has 1 N–H and O–H groups in total. The molecule has 4 rings (SSSR count). The third-order valence-corrected chi connectivity index (χ3v) is 8.69. The Balaban J connectivity index is 1.44. The number of nitriles is 1. The van der Waals surface area contributed by atoms with Gasteiger partial charge in [0.25, 0.3) is 0 Å². The van der Waals surface area contributed by atoms with Crippen LogP contribution in [0, 0.1) is 23.1 Å². The van der Waals surface area contributed by atoms with Crippen LogP contribution in [0.2, 0.25) is 5.02 Å². The minimum absolute atomic E-state index is 0.0966. The van der Waals surface area contributed by atoms with Crippen LogP contribution in [0.5, 0.6) is 5.75 Å². The van der Waals surface area contributed by atoms with Gasteiger partial charge in [0, 0.05) is 11.4 Å². The summed E-state index contributed by atoms with van der Waals surface area (Å²) in [7, 11) is 0. The molecule has 2 aromatic heterocycles. The highest BCUT2D eigenvalue weighted by molar-refractivity contribution is 7.99. The number of aromatic nitrogens is 3. The number of nitrogens with one attached hydrogen (secondary N) is 1. The maximum absolute atomic E-state index is 13.4. The van der Waals surface area contributed by atoms with Crippen molar-refractivity contribution < 1.29 is 13.9 Å². The number of anilines is 1. The zero-order valence-electron chi connectivity index (χ0n) is 20.6. The van der Waals surface area contributed by atoms with Crippen molar-refractivity contribution in [2.75, 3.05) is 11.1 Å². The predicted octanol–water partition coefficient (Wildman–Crippen LogP) is 6.58. The molecule has 2 atom stereocenters. The summed E-state index contributed by atoms with van der Waals surface area (Å²) in [6.45, 7) is 8.19. The van der Waals surface area contributed by atoms with E-state index >= 15 is 0 Å². The van der Waals surface area contributed by atoms with Crippen LogP contribution in [0.1, 0.15) is 54.6 Å². The van der Waals surface area contributed by atoms with Gasteiger partial charge in [-0.3, -0.25) is 9.36 Å². The largest absolute Gasteiger partial charge is 0.481 e. The van der Waals surface area contributed by atoms with Crippen molar-refractivity contribution in [2.24, 2.45) is 5.92 Å². The molecule has 194 valence electrons. The maximum Gasteiger partial charge on any atom is 0.235 e. The van der Waals surface area contributed by atoms with Gasteiger partial charge >= 0.3 is 0 Å². The number of ether oxygens (including phenoxy) is 1. The summed E-state index contributed by atoms with van der Waals surface area (Å²) < 4.78 is 21.1. The van der Waals surface area contributed by atoms with Gasteiger partial charge in [0.05, 0.1) is 16.3 Å². The molecule has 37 heavy (non-hydrogen) atoms. The Bertz CT molecular complexity index is 1350. The molecule has 0 bridgehead atoms. The van der Waals surface area contributed by atoms with Crippen LogP contribution < -0.4 is 10.1 Å². The molecule has 3 aromatic rings. The number of thiophene rings is 1. The molecule has 0 fully saturated rings. The van der Waals surface area contributed by atoms with E-state index in [4.69, 9.17) is 16.3 Å². The maximum atomic E-state index is 13.4. The number of benzene rings is 1. The van der Waals surface area contributed by atoms with Crippen LogP contribution >= 0.6 is 34.7 Å². The zero-order chi connectivity index (χ0) is 26.5. The third kappa shape index (κ3) is 6.17. The number of rotatable bonds is 10. The van der Waals surface area contributed by atoms with Gasteiger partial charge in [0.1, 0.15) is 22.6 Å². The second-order valence-electron chi connectivity index (χ2n) is 8.75. The molecule has 0 saturated carbocycles. The summed E-state index contributed by atoms with van der Waals surface area (Å²) >= 11 is 8.85. The number of hydrogen-bond acceptors (Lipinski definition) is 7. The van der Waals surface area contributed by atoms with Crippen molar-refractivity contribution in [3.63, 3.8) is 0 Å². The lowest BCUT2D eigenvalue weighted by atomic mass is 9.86. The average molecular weight is 560 g/mol. The second kappa shape index (κ2) is 12.1. The Labute approximate surface area is 228 Å². The molecule has 2 unspecified atom stereocenters. The molecule has 0 spiro atoms. The first kappa shape index (κ1) is 27.2. The van der Waals surface area contributed by atoms with Gasteiger partial charge in [-0.2, -0.15) is 5.26 Å². The van der Waals surface area contributed by atoms with Gasteiger partial charge in [0.15, 0.2) is 17.1 Å². The second-order valence-corrected chi connectivity index (χ2v) is 11.2. The van der Waals surface area contributed by atoms with Crippen molar-refractivity contribution in [3.05, 3.63) is 63.5 Å². The summed E-state index contributed by atoms with van der Waals surface area (Å²) in [5.74, 6) is 0.906. The molecule has 1 aliphatic rings. The van der Waals surface area contributed by atoms with Crippen LogP contribution in [-0.2, 0) is 24.2 Å². The summed E-state index contributed by atoms with van der Waals surface area (Å²) in [4.78, 5) is 14.0. The molecule has 2 heterocycles. The van der Waals surface area contributed by atoms with Gasteiger partial charge in [-0.1, -0.05) is 42.8 Å². The van der Waals surface area contributed by atoms with Gasteiger partial charge in [-0.15, -0.1) is 28.1 Å². The lowest BCUT2D eigenvalue weighted by Gasteiger charge is -2.20. The Morgan fingerprint density at radius 2 is 2.32 bits per heavy atom. The molecule has 0 aliphatic heterocycles. The summed E-state index contributed by atoms with van der Waals surface area (Å²) in [5, 5.41) is 22.5. The monoisotopic (exact) mass is 559 g/mol. The van der Waals surface area contributed by atoms with Crippen molar-refractivity contribution in [3.8, 4) is 11.8 Å². The van der Waals surface area contributed by atoms with Crippen molar-refractivity contribution >= 4 is 45.6 Å². The normalized spacial score (nSPS) is 15.5. The Hall–Kier alpha value is -2.87. The number of nitrogens with zero attached hydrogens (tertiary/aromatic N) is 4. The van der Waals surface area contributed by atoms with E-state index in [-0.39, 0.29) is 16.7 Å². The zero-order valence-corrected chi connectivity index (χ0v) is 23.0. The third-order valence-electron chi connectivity index (χ3n) is 6.26. The van der Waals surface area contributed by atoms with Crippen LogP contribution in [0.25, 0.3) is 0 Å². The van der Waals surface area contributed by atoms with E-state index in [1.165, 1.54) is 46.2 Å². The first-order chi connectivity index (χ1) is 17.8. The van der Waals surface area contributed by atoms with Crippen molar-refractivity contribution in [2.45, 2.75) is 57.3 Å². The van der Waals surface area contributed by atoms with Crippen molar-refractivity contribution in [1.29, 1.82) is 5.26 Å². The SMILES string of the molecule is C=CCn1c(SCC(=O)Nc2sc3c(c2C#N)CCC(CC)C3)nnc1C(C)Oc1ccc(F)cc1Cl. The fourth-order valence-electron chi connectivity index (χ4n) is 4.32. The number of carbonyl (C=O) groups excluding carboxylic acids is 1. The highest BCUT2D eigenvalue weighted by atomic mass is 35.5. The minimum atomic E-state index is -0.541. The number of hydrogen-bond donors (Lipinski definition) is 1. The predicted molar refractivity (Wildman–Crippen MR) is 145 cm³/mol. The van der Waals surface area contributed by atoms with E-state index in [1.807, 2.05) is 4.57 Å². The number of carbonyl (C=O) groups is 1. The topological polar surface area (TPSA) is 92.8 Å².